The lowest BCUT2D eigenvalue weighted by molar-refractivity contribution is -0.140. The van der Waals surface area contributed by atoms with Crippen molar-refractivity contribution in [1.82, 2.24) is 25.0 Å². The summed E-state index contributed by atoms with van der Waals surface area (Å²) in [7, 11) is 2.98. The summed E-state index contributed by atoms with van der Waals surface area (Å²) in [6, 6.07) is 7.44. The monoisotopic (exact) mass is 359 g/mol. The first-order valence-corrected chi connectivity index (χ1v) is 8.51. The van der Waals surface area contributed by atoms with Gasteiger partial charge in [-0.15, -0.1) is 5.10 Å². The molecule has 0 aliphatic rings. The van der Waals surface area contributed by atoms with Crippen LogP contribution in [0.1, 0.15) is 13.3 Å². The van der Waals surface area contributed by atoms with Crippen LogP contribution in [0.5, 0.6) is 5.75 Å². The second-order valence-corrected chi connectivity index (χ2v) is 6.28. The molecule has 0 amide bonds. The Hall–Kier alpha value is -2.68. The van der Waals surface area contributed by atoms with Gasteiger partial charge in [-0.3, -0.25) is 4.79 Å². The average molecular weight is 359 g/mol. The van der Waals surface area contributed by atoms with Crippen molar-refractivity contribution in [1.29, 1.82) is 0 Å². The number of hydrogen-bond acceptors (Lipinski definition) is 8. The van der Waals surface area contributed by atoms with Crippen LogP contribution in [0.4, 0.5) is 0 Å². The summed E-state index contributed by atoms with van der Waals surface area (Å²) in [4.78, 5) is 20.4. The van der Waals surface area contributed by atoms with Crippen molar-refractivity contribution in [2.45, 2.75) is 23.6 Å². The third kappa shape index (κ3) is 3.41. The Morgan fingerprint density at radius 1 is 1.32 bits per heavy atom. The van der Waals surface area contributed by atoms with E-state index in [1.807, 2.05) is 31.2 Å². The molecule has 2 heterocycles. The molecule has 3 aromatic rings. The normalized spacial score (nSPS) is 12.1. The molecular formula is C16H17N5O3S. The van der Waals surface area contributed by atoms with E-state index in [9.17, 15) is 4.79 Å². The predicted octanol–water partition coefficient (Wildman–Crippen LogP) is 2.26. The molecule has 1 unspecified atom stereocenters. The lowest BCUT2D eigenvalue weighted by Crippen LogP contribution is -2.17. The molecule has 0 bridgehead atoms. The van der Waals surface area contributed by atoms with Gasteiger partial charge in [0, 0.05) is 6.07 Å². The molecule has 25 heavy (non-hydrogen) atoms. The number of rotatable bonds is 6. The fourth-order valence-electron chi connectivity index (χ4n) is 2.29. The molecule has 3 rings (SSSR count). The fourth-order valence-corrected chi connectivity index (χ4v) is 3.28. The summed E-state index contributed by atoms with van der Waals surface area (Å²) in [5.74, 6) is 0.418. The molecule has 130 valence electrons. The maximum Gasteiger partial charge on any atom is 0.319 e. The third-order valence-corrected chi connectivity index (χ3v) is 4.92. The molecule has 0 spiro atoms. The highest BCUT2D eigenvalue weighted by molar-refractivity contribution is 8.00. The number of methoxy groups -OCH3 is 2. The van der Waals surface area contributed by atoms with E-state index in [-0.39, 0.29) is 11.2 Å². The zero-order valence-electron chi connectivity index (χ0n) is 14.0. The van der Waals surface area contributed by atoms with Gasteiger partial charge < -0.3 is 9.47 Å². The number of nitrogens with zero attached hydrogens (tertiary/aromatic N) is 5. The maximum absolute atomic E-state index is 11.8. The molecule has 8 nitrogen and oxygen atoms in total. The van der Waals surface area contributed by atoms with Gasteiger partial charge in [0.1, 0.15) is 22.4 Å². The second kappa shape index (κ2) is 7.47. The van der Waals surface area contributed by atoms with E-state index in [1.165, 1.54) is 25.2 Å². The van der Waals surface area contributed by atoms with Crippen LogP contribution in [0.15, 0.2) is 35.6 Å². The SMILES string of the molecule is CCC(Sc1ncnc2c1nnn2-c1cccc(OC)c1)C(=O)OC. The average Bonchev–Trinajstić information content (AvgIpc) is 3.10. The predicted molar refractivity (Wildman–Crippen MR) is 93.0 cm³/mol. The Bertz CT molecular complexity index is 898. The smallest absolute Gasteiger partial charge is 0.319 e. The van der Waals surface area contributed by atoms with E-state index in [0.29, 0.717) is 28.4 Å². The molecule has 1 atom stereocenters. The van der Waals surface area contributed by atoms with E-state index < -0.39 is 0 Å². The Morgan fingerprint density at radius 3 is 2.88 bits per heavy atom. The minimum absolute atomic E-state index is 0.292. The summed E-state index contributed by atoms with van der Waals surface area (Å²) < 4.78 is 11.7. The third-order valence-electron chi connectivity index (χ3n) is 3.59. The van der Waals surface area contributed by atoms with E-state index in [1.54, 1.807) is 11.8 Å². The topological polar surface area (TPSA) is 92.0 Å². The maximum atomic E-state index is 11.8. The van der Waals surface area contributed by atoms with Crippen molar-refractivity contribution in [2.24, 2.45) is 0 Å². The van der Waals surface area contributed by atoms with E-state index in [2.05, 4.69) is 20.3 Å². The first-order chi connectivity index (χ1) is 12.2. The van der Waals surface area contributed by atoms with E-state index >= 15 is 0 Å². The number of fused-ring (bicyclic) bond motifs is 1. The molecule has 0 radical (unpaired) electrons. The van der Waals surface area contributed by atoms with E-state index in [0.717, 1.165) is 5.69 Å². The second-order valence-electron chi connectivity index (χ2n) is 5.09. The first-order valence-electron chi connectivity index (χ1n) is 7.63. The molecule has 9 heteroatoms. The number of ether oxygens (including phenoxy) is 2. The zero-order chi connectivity index (χ0) is 17.8. The number of thioether (sulfide) groups is 1. The van der Waals surface area contributed by atoms with Crippen molar-refractivity contribution in [3.8, 4) is 11.4 Å². The number of hydrogen-bond donors (Lipinski definition) is 0. The van der Waals surface area contributed by atoms with Crippen molar-refractivity contribution in [2.75, 3.05) is 14.2 Å². The lowest BCUT2D eigenvalue weighted by Gasteiger charge is -2.11. The summed E-state index contributed by atoms with van der Waals surface area (Å²) in [5.41, 5.74) is 1.87. The largest absolute Gasteiger partial charge is 0.497 e. The van der Waals surface area contributed by atoms with Crippen molar-refractivity contribution in [3.05, 3.63) is 30.6 Å². The number of carbonyl (C=O) groups is 1. The summed E-state index contributed by atoms with van der Waals surface area (Å²) in [6.45, 7) is 1.92. The van der Waals surface area contributed by atoms with Gasteiger partial charge in [0.2, 0.25) is 0 Å². The first kappa shape index (κ1) is 17.2. The van der Waals surface area contributed by atoms with Gasteiger partial charge in [-0.1, -0.05) is 30.0 Å². The van der Waals surface area contributed by atoms with Gasteiger partial charge >= 0.3 is 5.97 Å². The Labute approximate surface area is 148 Å². The Kier molecular flexibility index (Phi) is 5.13. The summed E-state index contributed by atoms with van der Waals surface area (Å²) >= 11 is 1.30. The summed E-state index contributed by atoms with van der Waals surface area (Å²) in [5, 5.41) is 8.61. The molecule has 0 saturated carbocycles. The van der Waals surface area contributed by atoms with Crippen molar-refractivity contribution in [3.63, 3.8) is 0 Å². The van der Waals surface area contributed by atoms with Crippen LogP contribution in [0.3, 0.4) is 0 Å². The minimum atomic E-state index is -0.356. The quantitative estimate of drug-likeness (QED) is 0.376. The number of esters is 1. The minimum Gasteiger partial charge on any atom is -0.497 e. The molecule has 0 saturated heterocycles. The highest BCUT2D eigenvalue weighted by atomic mass is 32.2. The number of benzene rings is 1. The molecule has 0 N–H and O–H groups in total. The van der Waals surface area contributed by atoms with Crippen LogP contribution in [-0.2, 0) is 9.53 Å². The highest BCUT2D eigenvalue weighted by Gasteiger charge is 2.22. The van der Waals surface area contributed by atoms with Gasteiger partial charge in [0.15, 0.2) is 11.2 Å². The van der Waals surface area contributed by atoms with Crippen LogP contribution >= 0.6 is 11.8 Å². The van der Waals surface area contributed by atoms with Crippen LogP contribution in [-0.4, -0.2) is 50.4 Å². The van der Waals surface area contributed by atoms with Gasteiger partial charge in [-0.2, -0.15) is 4.68 Å². The number of aromatic nitrogens is 5. The van der Waals surface area contributed by atoms with Crippen LogP contribution < -0.4 is 4.74 Å². The fraction of sp³-hybridized carbons (Fsp3) is 0.312. The van der Waals surface area contributed by atoms with Crippen LogP contribution in [0.2, 0.25) is 0 Å². The molecular weight excluding hydrogens is 342 g/mol. The number of carbonyl (C=O) groups excluding carboxylic acids is 1. The van der Waals surface area contributed by atoms with Crippen LogP contribution in [0, 0.1) is 0 Å². The Balaban J connectivity index is 2.01. The molecule has 2 aromatic heterocycles. The lowest BCUT2D eigenvalue weighted by atomic mass is 10.3. The molecule has 0 fully saturated rings. The van der Waals surface area contributed by atoms with Crippen LogP contribution in [0.25, 0.3) is 16.9 Å². The van der Waals surface area contributed by atoms with E-state index in [4.69, 9.17) is 9.47 Å². The van der Waals surface area contributed by atoms with Crippen molar-refractivity contribution < 1.29 is 14.3 Å². The zero-order valence-corrected chi connectivity index (χ0v) is 14.9. The van der Waals surface area contributed by atoms with Gasteiger partial charge in [-0.05, 0) is 18.6 Å². The van der Waals surface area contributed by atoms with Gasteiger partial charge in [0.25, 0.3) is 0 Å². The highest BCUT2D eigenvalue weighted by Crippen LogP contribution is 2.29. The molecule has 0 aliphatic heterocycles. The standard InChI is InChI=1S/C16H17N5O3S/c1-4-12(16(22)24-3)25-15-13-14(17-9-18-15)21(20-19-13)10-6-5-7-11(8-10)23-2/h5-9,12H,4H2,1-3H3. The Morgan fingerprint density at radius 2 is 2.16 bits per heavy atom. The van der Waals surface area contributed by atoms with Gasteiger partial charge in [-0.25, -0.2) is 9.97 Å². The molecule has 0 aliphatic carbocycles. The molecule has 1 aromatic carbocycles. The van der Waals surface area contributed by atoms with Crippen molar-refractivity contribution >= 4 is 28.9 Å². The van der Waals surface area contributed by atoms with Gasteiger partial charge in [0.05, 0.1) is 19.9 Å². The summed E-state index contributed by atoms with van der Waals surface area (Å²) in [6.07, 6.45) is 2.06.